The Balaban J connectivity index is 0.000000271. The Morgan fingerprint density at radius 3 is 1.62 bits per heavy atom. The van der Waals surface area contributed by atoms with E-state index in [0.29, 0.717) is 40.7 Å². The Kier molecular flexibility index (Phi) is 19.3. The lowest BCUT2D eigenvalue weighted by molar-refractivity contribution is -0.386. The SMILES string of the molecule is CC(=O)CCC#Cc1ccc([C@H](OCc2cn([C@H]3CC(O)[C@@H](CO)O3)c(=O)nc2N)C(C)(C)C)c([N+](=O)[O-])c1.CC(C)(C)[C@@H](OCc1cn([C@H]2CC(O)[C@@H](CO)O2)c(=O)nc1N)c1ccc(I)cc1[N+](=O)[O-]. The zero-order valence-corrected chi connectivity index (χ0v) is 43.0. The number of benzene rings is 2. The van der Waals surface area contributed by atoms with Crippen molar-refractivity contribution in [3.8, 4) is 11.8 Å². The van der Waals surface area contributed by atoms with E-state index in [2.05, 4.69) is 21.8 Å². The smallest absolute Gasteiger partial charge is 0.351 e. The molecular formula is C48H61IN8O15. The number of aromatic nitrogens is 4. The van der Waals surface area contributed by atoms with Gasteiger partial charge in [-0.1, -0.05) is 53.4 Å². The van der Waals surface area contributed by atoms with Gasteiger partial charge in [-0.2, -0.15) is 9.97 Å². The zero-order valence-electron chi connectivity index (χ0n) is 40.9. The van der Waals surface area contributed by atoms with Gasteiger partial charge >= 0.3 is 11.4 Å². The number of nitrogens with zero attached hydrogens (tertiary/aromatic N) is 6. The van der Waals surface area contributed by atoms with Crippen molar-refractivity contribution in [2.75, 3.05) is 24.7 Å². The molecule has 23 nitrogen and oxygen atoms in total. The lowest BCUT2D eigenvalue weighted by atomic mass is 9.83. The third-order valence-electron chi connectivity index (χ3n) is 11.7. The highest BCUT2D eigenvalue weighted by atomic mass is 127. The quantitative estimate of drug-likeness (QED) is 0.0384. The minimum Gasteiger partial charge on any atom is -0.394 e. The number of nitro groups is 2. The predicted molar refractivity (Wildman–Crippen MR) is 269 cm³/mol. The molecule has 6 rings (SSSR count). The van der Waals surface area contributed by atoms with Gasteiger partial charge in [-0.3, -0.25) is 34.2 Å². The lowest BCUT2D eigenvalue weighted by Gasteiger charge is -2.31. The van der Waals surface area contributed by atoms with Crippen molar-refractivity contribution >= 4 is 51.4 Å². The molecule has 8 N–H and O–H groups in total. The van der Waals surface area contributed by atoms with Gasteiger partial charge in [0.05, 0.1) is 71.8 Å². The molecule has 72 heavy (non-hydrogen) atoms. The summed E-state index contributed by atoms with van der Waals surface area (Å²) in [6, 6.07) is 9.61. The molecule has 0 radical (unpaired) electrons. The Bertz CT molecular complexity index is 2800. The number of ether oxygens (including phenoxy) is 4. The molecule has 2 aliphatic heterocycles. The minimum atomic E-state index is -0.947. The molecule has 0 spiro atoms. The molecule has 2 aromatic heterocycles. The van der Waals surface area contributed by atoms with Gasteiger partial charge in [0, 0.05) is 70.5 Å². The molecule has 2 unspecified atom stereocenters. The van der Waals surface area contributed by atoms with Crippen LogP contribution in [0.2, 0.25) is 0 Å². The fraction of sp³-hybridized carbons (Fsp3) is 0.521. The van der Waals surface area contributed by atoms with Gasteiger partial charge in [0.2, 0.25) is 0 Å². The third-order valence-corrected chi connectivity index (χ3v) is 12.4. The minimum absolute atomic E-state index is 0.0183. The van der Waals surface area contributed by atoms with E-state index in [0.717, 1.165) is 3.57 Å². The van der Waals surface area contributed by atoms with Gasteiger partial charge in [-0.05, 0) is 64.6 Å². The summed E-state index contributed by atoms with van der Waals surface area (Å²) in [4.78, 5) is 66.4. The summed E-state index contributed by atoms with van der Waals surface area (Å²) in [7, 11) is 0. The molecule has 2 aliphatic rings. The molecule has 8 atom stereocenters. The highest BCUT2D eigenvalue weighted by molar-refractivity contribution is 14.1. The van der Waals surface area contributed by atoms with Gasteiger partial charge in [0.25, 0.3) is 11.4 Å². The van der Waals surface area contributed by atoms with Gasteiger partial charge in [-0.25, -0.2) is 9.59 Å². The van der Waals surface area contributed by atoms with Crippen molar-refractivity contribution in [3.05, 3.63) is 121 Å². The van der Waals surface area contributed by atoms with Gasteiger partial charge < -0.3 is 50.8 Å². The van der Waals surface area contributed by atoms with Gasteiger partial charge in [0.15, 0.2) is 0 Å². The number of carbonyl (C=O) groups is 1. The fourth-order valence-corrected chi connectivity index (χ4v) is 8.51. The molecule has 4 heterocycles. The van der Waals surface area contributed by atoms with Crippen LogP contribution in [0.5, 0.6) is 0 Å². The standard InChI is InChI=1S/C27H34N4O8.C21H27IN4O7/c1-16(33)7-5-6-8-17-9-10-19(20(11-17)31(36)37)24(27(2,3)4)38-15-18-13-30(26(35)29-25(18)28)23-12-21(34)22(14-32)39-23;1-21(2,3)18(13-5-4-12(22)6-14(13)26(30)31)32-10-11-8-25(20(29)24-19(11)23)17-7-15(28)16(9-27)33-17/h9-11,13,21-24,32,34H,5,7,12,14-15H2,1-4H3,(H2,28,29,35);4-6,8,15-18,27-28H,7,9-10H2,1-3H3,(H2,23,24,29)/t21?,22-,23-,24+;15?,16-,17-,18+/m11/s1. The Morgan fingerprint density at radius 1 is 0.806 bits per heavy atom. The average molecular weight is 1120 g/mol. The molecule has 0 saturated carbocycles. The van der Waals surface area contributed by atoms with Crippen molar-refractivity contribution in [3.63, 3.8) is 0 Å². The van der Waals surface area contributed by atoms with Gasteiger partial charge in [-0.15, -0.1) is 0 Å². The van der Waals surface area contributed by atoms with E-state index < -0.39 is 87.7 Å². The first kappa shape index (κ1) is 57.1. The van der Waals surface area contributed by atoms with Crippen molar-refractivity contribution in [1.82, 2.24) is 19.1 Å². The Hall–Kier alpha value is -5.76. The Labute approximate surface area is 427 Å². The van der Waals surface area contributed by atoms with Crippen LogP contribution in [0.4, 0.5) is 23.0 Å². The topological polar surface area (TPSA) is 343 Å². The number of ketones is 1. The molecule has 2 aromatic carbocycles. The van der Waals surface area contributed by atoms with Crippen molar-refractivity contribution in [2.24, 2.45) is 10.8 Å². The highest BCUT2D eigenvalue weighted by Crippen LogP contribution is 2.43. The van der Waals surface area contributed by atoms with Crippen molar-refractivity contribution in [2.45, 2.75) is 136 Å². The summed E-state index contributed by atoms with van der Waals surface area (Å²) in [5.74, 6) is 5.65. The van der Waals surface area contributed by atoms with Crippen LogP contribution < -0.4 is 22.8 Å². The van der Waals surface area contributed by atoms with E-state index in [1.54, 1.807) is 24.3 Å². The first-order chi connectivity index (χ1) is 33.7. The number of nitro benzene ring substituents is 2. The normalized spacial score (nSPS) is 20.7. The number of Topliss-reactive ketones (excluding diaryl/α,β-unsaturated/α-hetero) is 1. The first-order valence-corrected chi connectivity index (χ1v) is 23.9. The number of carbonyl (C=O) groups excluding carboxylic acids is 1. The lowest BCUT2D eigenvalue weighted by Crippen LogP contribution is -2.29. The largest absolute Gasteiger partial charge is 0.394 e. The zero-order chi connectivity index (χ0) is 53.4. The number of hydrogen-bond acceptors (Lipinski definition) is 19. The van der Waals surface area contributed by atoms with Crippen LogP contribution in [0, 0.1) is 46.5 Å². The van der Waals surface area contributed by atoms with E-state index in [1.165, 1.54) is 40.6 Å². The fourth-order valence-electron chi connectivity index (χ4n) is 8.04. The molecule has 24 heteroatoms. The molecule has 0 bridgehead atoms. The van der Waals surface area contributed by atoms with Crippen LogP contribution in [-0.4, -0.2) is 92.8 Å². The number of halogens is 1. The van der Waals surface area contributed by atoms with E-state index in [9.17, 15) is 55.0 Å². The summed E-state index contributed by atoms with van der Waals surface area (Å²) in [5.41, 5.74) is 11.3. The number of nitrogen functional groups attached to an aromatic ring is 2. The second-order valence-corrected chi connectivity index (χ2v) is 20.8. The van der Waals surface area contributed by atoms with Crippen LogP contribution in [0.3, 0.4) is 0 Å². The van der Waals surface area contributed by atoms with Gasteiger partial charge in [0.1, 0.15) is 42.1 Å². The monoisotopic (exact) mass is 1120 g/mol. The molecule has 0 aliphatic carbocycles. The molecule has 0 amide bonds. The maximum Gasteiger partial charge on any atom is 0.351 e. The molecular weight excluding hydrogens is 1060 g/mol. The molecule has 390 valence electrons. The summed E-state index contributed by atoms with van der Waals surface area (Å²) in [6.07, 6.45) is -2.82. The molecule has 2 saturated heterocycles. The number of nitrogens with two attached hydrogens (primary N) is 2. The summed E-state index contributed by atoms with van der Waals surface area (Å²) in [6.45, 7) is 11.9. The van der Waals surface area contributed by atoms with Crippen LogP contribution in [-0.2, 0) is 37.0 Å². The number of anilines is 2. The number of hydrogen-bond donors (Lipinski definition) is 6. The predicted octanol–water partition coefficient (Wildman–Crippen LogP) is 4.68. The summed E-state index contributed by atoms with van der Waals surface area (Å²) in [5, 5.41) is 62.4. The third kappa shape index (κ3) is 14.5. The second-order valence-electron chi connectivity index (χ2n) is 19.5. The van der Waals surface area contributed by atoms with E-state index >= 15 is 0 Å². The summed E-state index contributed by atoms with van der Waals surface area (Å²) >= 11 is 2.02. The van der Waals surface area contributed by atoms with Crippen LogP contribution in [0.25, 0.3) is 0 Å². The second kappa shape index (κ2) is 24.3. The van der Waals surface area contributed by atoms with E-state index in [4.69, 9.17) is 30.4 Å². The van der Waals surface area contributed by atoms with Crippen molar-refractivity contribution in [1.29, 1.82) is 0 Å². The number of rotatable bonds is 16. The molecule has 2 fully saturated rings. The van der Waals surface area contributed by atoms with Crippen LogP contribution in [0.1, 0.15) is 127 Å². The van der Waals surface area contributed by atoms with Crippen LogP contribution in [0.15, 0.2) is 58.4 Å². The highest BCUT2D eigenvalue weighted by Gasteiger charge is 2.38. The number of aliphatic hydroxyl groups excluding tert-OH is 4. The van der Waals surface area contributed by atoms with E-state index in [1.807, 2.05) is 64.1 Å². The van der Waals surface area contributed by atoms with Crippen molar-refractivity contribution < 1.29 is 54.0 Å². The maximum absolute atomic E-state index is 12.5. The first-order valence-electron chi connectivity index (χ1n) is 22.8. The average Bonchev–Trinajstić information content (AvgIpc) is 3.86. The molecule has 4 aromatic rings. The summed E-state index contributed by atoms with van der Waals surface area (Å²) < 4.78 is 26.6. The van der Waals surface area contributed by atoms with Crippen LogP contribution >= 0.6 is 22.6 Å². The Morgan fingerprint density at radius 2 is 1.24 bits per heavy atom. The van der Waals surface area contributed by atoms with E-state index in [-0.39, 0.29) is 61.5 Å². The maximum atomic E-state index is 12.5. The number of aliphatic hydroxyl groups is 4.